The molecule has 2 N–H and O–H groups in total. The van der Waals surface area contributed by atoms with Gasteiger partial charge < -0.3 is 14.9 Å². The van der Waals surface area contributed by atoms with Crippen molar-refractivity contribution in [2.75, 3.05) is 0 Å². The molecule has 0 aliphatic heterocycles. The summed E-state index contributed by atoms with van der Waals surface area (Å²) in [4.78, 5) is 11.5. The highest BCUT2D eigenvalue weighted by atomic mass is 16.5. The maximum absolute atomic E-state index is 11.5. The first-order valence-electron chi connectivity index (χ1n) is 9.18. The summed E-state index contributed by atoms with van der Waals surface area (Å²) in [6.45, 7) is 9.44. The third kappa shape index (κ3) is 4.06. The smallest absolute Gasteiger partial charge is 0.303 e. The van der Waals surface area contributed by atoms with Crippen molar-refractivity contribution in [2.45, 2.75) is 84.5 Å². The summed E-state index contributed by atoms with van der Waals surface area (Å²) < 4.78 is 5.50. The summed E-state index contributed by atoms with van der Waals surface area (Å²) in [7, 11) is 0. The van der Waals surface area contributed by atoms with Crippen LogP contribution in [-0.2, 0) is 9.53 Å². The zero-order chi connectivity index (χ0) is 18.8. The number of aliphatic hydroxyl groups excluding tert-OH is 1. The number of ether oxygens (including phenoxy) is 1. The van der Waals surface area contributed by atoms with Crippen molar-refractivity contribution in [3.63, 3.8) is 0 Å². The van der Waals surface area contributed by atoms with Crippen LogP contribution in [0.5, 0.6) is 0 Å². The number of hydrogen-bond acceptors (Lipinski definition) is 4. The minimum atomic E-state index is -1.23. The van der Waals surface area contributed by atoms with Crippen molar-refractivity contribution < 1.29 is 19.7 Å². The van der Waals surface area contributed by atoms with E-state index in [1.807, 2.05) is 32.9 Å². The van der Waals surface area contributed by atoms with Gasteiger partial charge in [-0.1, -0.05) is 42.7 Å². The summed E-state index contributed by atoms with van der Waals surface area (Å²) in [6.07, 6.45) is 7.96. The molecular weight excluding hydrogens is 316 g/mol. The zero-order valence-corrected chi connectivity index (χ0v) is 16.1. The molecule has 2 aliphatic rings. The molecule has 0 unspecified atom stereocenters. The van der Waals surface area contributed by atoms with Gasteiger partial charge in [0.1, 0.15) is 17.8 Å². The molecule has 0 aromatic carbocycles. The number of esters is 1. The predicted molar refractivity (Wildman–Crippen MR) is 99.0 cm³/mol. The molecule has 2 aliphatic carbocycles. The molecule has 25 heavy (non-hydrogen) atoms. The van der Waals surface area contributed by atoms with Crippen LogP contribution in [0.2, 0.25) is 0 Å². The van der Waals surface area contributed by atoms with Gasteiger partial charge in [0.2, 0.25) is 0 Å². The van der Waals surface area contributed by atoms with E-state index in [9.17, 15) is 15.0 Å². The fraction of sp³-hybridized carbons (Fsp3) is 0.667. The molecule has 0 saturated heterocycles. The van der Waals surface area contributed by atoms with Gasteiger partial charge in [0.15, 0.2) is 0 Å². The number of rotatable bonds is 1. The van der Waals surface area contributed by atoms with Crippen LogP contribution in [0, 0.1) is 5.41 Å². The maximum Gasteiger partial charge on any atom is 0.303 e. The number of hydrogen-bond donors (Lipinski definition) is 2. The molecular formula is C21H32O4. The van der Waals surface area contributed by atoms with E-state index in [1.165, 1.54) is 12.5 Å². The zero-order valence-electron chi connectivity index (χ0n) is 16.1. The minimum Gasteiger partial charge on any atom is -0.458 e. The number of fused-ring (bicyclic) bond motifs is 2. The first-order chi connectivity index (χ1) is 11.6. The molecule has 0 fully saturated rings. The Kier molecular flexibility index (Phi) is 5.95. The van der Waals surface area contributed by atoms with Crippen LogP contribution in [0.1, 0.15) is 66.7 Å². The molecule has 0 aromatic heterocycles. The number of aliphatic hydroxyl groups is 2. The lowest BCUT2D eigenvalue weighted by Gasteiger charge is -2.51. The van der Waals surface area contributed by atoms with Crippen molar-refractivity contribution in [3.8, 4) is 0 Å². The van der Waals surface area contributed by atoms with Gasteiger partial charge in [-0.15, -0.1) is 0 Å². The van der Waals surface area contributed by atoms with Crippen LogP contribution in [0.4, 0.5) is 0 Å². The number of allylic oxidation sites excluding steroid dienone is 3. The predicted octanol–water partition coefficient (Wildman–Crippen LogP) is 3.83. The van der Waals surface area contributed by atoms with Crippen molar-refractivity contribution in [3.05, 3.63) is 34.9 Å². The van der Waals surface area contributed by atoms with E-state index >= 15 is 0 Å². The molecule has 0 amide bonds. The molecule has 0 aromatic rings. The van der Waals surface area contributed by atoms with Crippen LogP contribution < -0.4 is 0 Å². The van der Waals surface area contributed by atoms with E-state index in [2.05, 4.69) is 6.92 Å². The fourth-order valence-corrected chi connectivity index (χ4v) is 4.20. The molecule has 2 bridgehead atoms. The average Bonchev–Trinajstić information content (AvgIpc) is 2.50. The van der Waals surface area contributed by atoms with Gasteiger partial charge in [-0.25, -0.2) is 0 Å². The van der Waals surface area contributed by atoms with E-state index in [0.29, 0.717) is 12.8 Å². The van der Waals surface area contributed by atoms with E-state index in [-0.39, 0.29) is 12.1 Å². The lowest BCUT2D eigenvalue weighted by molar-refractivity contribution is -0.145. The van der Waals surface area contributed by atoms with Gasteiger partial charge in [-0.05, 0) is 45.6 Å². The quantitative estimate of drug-likeness (QED) is 0.558. The number of carbonyl (C=O) groups is 1. The highest BCUT2D eigenvalue weighted by molar-refractivity contribution is 5.66. The van der Waals surface area contributed by atoms with Crippen LogP contribution in [0.3, 0.4) is 0 Å². The second kappa shape index (κ2) is 7.46. The molecule has 3 atom stereocenters. The standard InChI is InChI=1S/C21H32O4/c1-14-8-6-7-9-17(25-16(3)22)13-18-15(2)10-11-21(24,19(23)12-14)20(18,4)5/h7,9,12,17,19,23-24H,6,8,10-11,13H2,1-5H3/b9-7+,14-12+/t17-,19-,21-/m1/s1. The SMILES string of the molecule is CC(=O)O[C@@H]1/C=C/CC/C(C)=C/[C@@H](O)[C@]2(O)CCC(C)=C(C1)C2(C)C. The molecule has 0 saturated carbocycles. The van der Waals surface area contributed by atoms with Gasteiger partial charge in [-0.3, -0.25) is 4.79 Å². The Labute approximate surface area is 151 Å². The van der Waals surface area contributed by atoms with Crippen LogP contribution in [0.25, 0.3) is 0 Å². The Morgan fingerprint density at radius 3 is 2.60 bits per heavy atom. The average molecular weight is 348 g/mol. The summed E-state index contributed by atoms with van der Waals surface area (Å²) >= 11 is 0. The Morgan fingerprint density at radius 1 is 1.28 bits per heavy atom. The Hall–Kier alpha value is -1.39. The summed E-state index contributed by atoms with van der Waals surface area (Å²) in [6, 6.07) is 0. The largest absolute Gasteiger partial charge is 0.458 e. The molecule has 2 rings (SSSR count). The molecule has 0 radical (unpaired) electrons. The Morgan fingerprint density at radius 2 is 1.96 bits per heavy atom. The molecule has 4 heteroatoms. The normalized spacial score (nSPS) is 36.5. The van der Waals surface area contributed by atoms with Crippen LogP contribution >= 0.6 is 0 Å². The molecule has 140 valence electrons. The first kappa shape index (κ1) is 19.9. The lowest BCUT2D eigenvalue weighted by atomic mass is 9.59. The van der Waals surface area contributed by atoms with Crippen molar-refractivity contribution in [1.29, 1.82) is 0 Å². The third-order valence-electron chi connectivity index (χ3n) is 5.94. The van der Waals surface area contributed by atoms with E-state index in [1.54, 1.807) is 6.08 Å². The van der Waals surface area contributed by atoms with E-state index in [0.717, 1.165) is 30.4 Å². The topological polar surface area (TPSA) is 66.8 Å². The van der Waals surface area contributed by atoms with Gasteiger partial charge in [0, 0.05) is 18.8 Å². The van der Waals surface area contributed by atoms with Crippen molar-refractivity contribution in [2.24, 2.45) is 5.41 Å². The Balaban J connectivity index is 2.52. The molecule has 4 nitrogen and oxygen atoms in total. The fourth-order valence-electron chi connectivity index (χ4n) is 4.20. The summed E-state index contributed by atoms with van der Waals surface area (Å²) in [5.74, 6) is -0.306. The summed E-state index contributed by atoms with van der Waals surface area (Å²) in [5, 5.41) is 22.2. The first-order valence-corrected chi connectivity index (χ1v) is 9.18. The maximum atomic E-state index is 11.5. The minimum absolute atomic E-state index is 0.306. The van der Waals surface area contributed by atoms with Crippen LogP contribution in [-0.4, -0.2) is 34.0 Å². The van der Waals surface area contributed by atoms with Gasteiger partial charge in [-0.2, -0.15) is 0 Å². The van der Waals surface area contributed by atoms with E-state index in [4.69, 9.17) is 4.74 Å². The number of carbonyl (C=O) groups excluding carboxylic acids is 1. The Bertz CT molecular complexity index is 611. The summed E-state index contributed by atoms with van der Waals surface area (Å²) in [5.41, 5.74) is 1.50. The second-order valence-corrected chi connectivity index (χ2v) is 8.08. The second-order valence-electron chi connectivity index (χ2n) is 8.08. The van der Waals surface area contributed by atoms with Gasteiger partial charge >= 0.3 is 5.97 Å². The van der Waals surface area contributed by atoms with Crippen molar-refractivity contribution >= 4 is 5.97 Å². The molecule has 0 spiro atoms. The monoisotopic (exact) mass is 348 g/mol. The third-order valence-corrected chi connectivity index (χ3v) is 5.94. The van der Waals surface area contributed by atoms with Crippen LogP contribution in [0.15, 0.2) is 34.9 Å². The highest BCUT2D eigenvalue weighted by Gasteiger charge is 2.52. The van der Waals surface area contributed by atoms with E-state index < -0.39 is 17.1 Å². The highest BCUT2D eigenvalue weighted by Crippen LogP contribution is 2.51. The lowest BCUT2D eigenvalue weighted by Crippen LogP contribution is -2.56. The van der Waals surface area contributed by atoms with Gasteiger partial charge in [0.05, 0.1) is 0 Å². The van der Waals surface area contributed by atoms with Crippen molar-refractivity contribution in [1.82, 2.24) is 0 Å². The van der Waals surface area contributed by atoms with Gasteiger partial charge in [0.25, 0.3) is 0 Å². The molecule has 0 heterocycles.